The molecule has 1 aliphatic carbocycles. The summed E-state index contributed by atoms with van der Waals surface area (Å²) in [6.07, 6.45) is 3.92. The number of carbonyl (C=O) groups excluding carboxylic acids is 3. The average molecular weight is 413 g/mol. The minimum Gasteiger partial charge on any atom is -0.368 e. The number of piperazine rings is 1. The van der Waals surface area contributed by atoms with E-state index in [4.69, 9.17) is 4.74 Å². The Morgan fingerprint density at radius 3 is 2.77 bits per heavy atom. The molecule has 8 heteroatoms. The molecule has 2 atom stereocenters. The normalized spacial score (nSPS) is 29.4. The van der Waals surface area contributed by atoms with E-state index >= 15 is 0 Å². The molecular weight excluding hydrogens is 384 g/mol. The number of carbonyl (C=O) groups is 3. The number of aryl methyl sites for hydroxylation is 1. The van der Waals surface area contributed by atoms with Crippen LogP contribution >= 0.6 is 0 Å². The van der Waals surface area contributed by atoms with E-state index in [2.05, 4.69) is 5.32 Å². The van der Waals surface area contributed by atoms with Gasteiger partial charge in [-0.1, -0.05) is 24.3 Å². The van der Waals surface area contributed by atoms with Crippen LogP contribution in [-0.2, 0) is 26.3 Å². The number of urea groups is 1. The molecule has 160 valence electrons. The molecule has 3 heterocycles. The van der Waals surface area contributed by atoms with Crippen molar-refractivity contribution in [2.45, 2.75) is 43.7 Å². The van der Waals surface area contributed by atoms with E-state index in [1.165, 1.54) is 4.90 Å². The fourth-order valence-corrected chi connectivity index (χ4v) is 5.36. The highest BCUT2D eigenvalue weighted by molar-refractivity contribution is 6.07. The lowest BCUT2D eigenvalue weighted by Crippen LogP contribution is -3.16. The van der Waals surface area contributed by atoms with Gasteiger partial charge in [0.25, 0.3) is 11.8 Å². The van der Waals surface area contributed by atoms with Crippen molar-refractivity contribution >= 4 is 17.8 Å². The van der Waals surface area contributed by atoms with Crippen LogP contribution in [0.15, 0.2) is 24.3 Å². The Balaban J connectivity index is 1.24. The Hall–Kier alpha value is -2.45. The van der Waals surface area contributed by atoms with Crippen LogP contribution in [0.3, 0.4) is 0 Å². The maximum absolute atomic E-state index is 13.4. The Bertz CT molecular complexity index is 860. The summed E-state index contributed by atoms with van der Waals surface area (Å²) in [6.45, 7) is 3.71. The summed E-state index contributed by atoms with van der Waals surface area (Å²) in [7, 11) is 0. The number of ether oxygens (including phenoxy) is 1. The molecule has 1 spiro atoms. The second-order valence-electron chi connectivity index (χ2n) is 8.81. The first-order valence-corrected chi connectivity index (χ1v) is 11.0. The van der Waals surface area contributed by atoms with Crippen molar-refractivity contribution < 1.29 is 24.0 Å². The molecule has 2 N–H and O–H groups in total. The average Bonchev–Trinajstić information content (AvgIpc) is 3.38. The number of fused-ring (bicyclic) bond motifs is 2. The molecule has 3 saturated heterocycles. The lowest BCUT2D eigenvalue weighted by atomic mass is 9.76. The third-order valence-electron chi connectivity index (χ3n) is 7.02. The van der Waals surface area contributed by atoms with Crippen LogP contribution in [0, 0.1) is 0 Å². The third-order valence-corrected chi connectivity index (χ3v) is 7.02. The Morgan fingerprint density at radius 2 is 2.00 bits per heavy atom. The highest BCUT2D eigenvalue weighted by Gasteiger charge is 2.54. The fourth-order valence-electron chi connectivity index (χ4n) is 5.36. The van der Waals surface area contributed by atoms with E-state index < -0.39 is 5.54 Å². The van der Waals surface area contributed by atoms with Gasteiger partial charge < -0.3 is 19.9 Å². The molecule has 0 radical (unpaired) electrons. The minimum absolute atomic E-state index is 0.0827. The fraction of sp³-hybridized carbons (Fsp3) is 0.591. The van der Waals surface area contributed by atoms with Gasteiger partial charge in [0.2, 0.25) is 0 Å². The monoisotopic (exact) mass is 413 g/mol. The Kier molecular flexibility index (Phi) is 4.99. The zero-order chi connectivity index (χ0) is 20.7. The van der Waals surface area contributed by atoms with Crippen LogP contribution < -0.4 is 10.2 Å². The lowest BCUT2D eigenvalue weighted by Gasteiger charge is -2.35. The van der Waals surface area contributed by atoms with E-state index in [-0.39, 0.29) is 23.9 Å². The van der Waals surface area contributed by atoms with Crippen molar-refractivity contribution in [3.8, 4) is 0 Å². The van der Waals surface area contributed by atoms with Gasteiger partial charge >= 0.3 is 6.03 Å². The molecular formula is C22H29N4O4+. The summed E-state index contributed by atoms with van der Waals surface area (Å²) in [4.78, 5) is 43.1. The number of nitrogens with one attached hydrogen (secondary N) is 2. The molecule has 0 bridgehead atoms. The van der Waals surface area contributed by atoms with E-state index in [9.17, 15) is 14.4 Å². The quantitative estimate of drug-likeness (QED) is 0.663. The minimum atomic E-state index is -0.914. The van der Waals surface area contributed by atoms with Gasteiger partial charge in [0, 0.05) is 6.61 Å². The summed E-state index contributed by atoms with van der Waals surface area (Å²) in [5, 5.41) is 3.02. The van der Waals surface area contributed by atoms with Crippen LogP contribution in [0.1, 0.15) is 36.8 Å². The van der Waals surface area contributed by atoms with Gasteiger partial charge in [-0.05, 0) is 43.2 Å². The third kappa shape index (κ3) is 3.18. The first-order valence-electron chi connectivity index (χ1n) is 11.0. The maximum atomic E-state index is 13.4. The van der Waals surface area contributed by atoms with Crippen LogP contribution in [-0.4, -0.2) is 73.2 Å². The first-order chi connectivity index (χ1) is 14.6. The predicted molar refractivity (Wildman–Crippen MR) is 108 cm³/mol. The van der Waals surface area contributed by atoms with Gasteiger partial charge in [0.15, 0.2) is 6.67 Å². The maximum Gasteiger partial charge on any atom is 0.329 e. The smallest absolute Gasteiger partial charge is 0.329 e. The molecule has 4 aliphatic rings. The number of nitrogens with zero attached hydrogens (tertiary/aromatic N) is 2. The van der Waals surface area contributed by atoms with Crippen LogP contribution in [0.2, 0.25) is 0 Å². The highest BCUT2D eigenvalue weighted by Crippen LogP contribution is 2.39. The van der Waals surface area contributed by atoms with E-state index in [1.54, 1.807) is 0 Å². The largest absolute Gasteiger partial charge is 0.368 e. The number of imide groups is 1. The predicted octanol–water partition coefficient (Wildman–Crippen LogP) is -0.366. The lowest BCUT2D eigenvalue weighted by molar-refractivity contribution is -0.911. The molecule has 3 fully saturated rings. The summed E-state index contributed by atoms with van der Waals surface area (Å²) in [5.41, 5.74) is 1.18. The molecule has 0 aromatic heterocycles. The molecule has 3 aliphatic heterocycles. The van der Waals surface area contributed by atoms with Crippen molar-refractivity contribution in [1.82, 2.24) is 15.1 Å². The molecule has 1 aromatic carbocycles. The standard InChI is InChI=1S/C22H28N4O4/c27-19(18-8-4-14-30-18)25-12-10-24(11-13-25)15-26-20(28)22(23-21(26)29)9-3-6-16-5-1-2-7-17(16)22/h1-2,5,7,18H,3-4,6,8-15H2,(H,23,29)/p+1/t18-,22+/m1/s1. The second-order valence-corrected chi connectivity index (χ2v) is 8.81. The highest BCUT2D eigenvalue weighted by atomic mass is 16.5. The second kappa shape index (κ2) is 7.67. The molecule has 4 amide bonds. The summed E-state index contributed by atoms with van der Waals surface area (Å²) in [5.74, 6) is -0.0516. The van der Waals surface area contributed by atoms with Gasteiger partial charge in [-0.25, -0.2) is 9.69 Å². The number of hydrogen-bond acceptors (Lipinski definition) is 4. The van der Waals surface area contributed by atoms with Crippen molar-refractivity contribution in [3.63, 3.8) is 0 Å². The van der Waals surface area contributed by atoms with Crippen molar-refractivity contribution in [2.75, 3.05) is 39.5 Å². The van der Waals surface area contributed by atoms with Gasteiger partial charge in [-0.3, -0.25) is 9.59 Å². The molecule has 0 unspecified atom stereocenters. The van der Waals surface area contributed by atoms with Crippen LogP contribution in [0.25, 0.3) is 0 Å². The zero-order valence-electron chi connectivity index (χ0n) is 17.2. The molecule has 30 heavy (non-hydrogen) atoms. The van der Waals surface area contributed by atoms with E-state index in [0.717, 1.165) is 54.8 Å². The number of rotatable bonds is 3. The molecule has 0 saturated carbocycles. The SMILES string of the molecule is O=C([C@H]1CCCO1)N1CC[NH+](CN2C(=O)N[C@]3(CCCc4ccccc43)C2=O)CC1. The Morgan fingerprint density at radius 1 is 1.20 bits per heavy atom. The van der Waals surface area contributed by atoms with E-state index in [0.29, 0.717) is 32.8 Å². The zero-order valence-corrected chi connectivity index (χ0v) is 17.2. The van der Waals surface area contributed by atoms with Gasteiger partial charge in [-0.15, -0.1) is 0 Å². The van der Waals surface area contributed by atoms with Crippen molar-refractivity contribution in [2.24, 2.45) is 0 Å². The summed E-state index contributed by atoms with van der Waals surface area (Å²) < 4.78 is 5.52. The van der Waals surface area contributed by atoms with Crippen LogP contribution in [0.4, 0.5) is 4.79 Å². The molecule has 1 aromatic rings. The van der Waals surface area contributed by atoms with Gasteiger partial charge in [-0.2, -0.15) is 0 Å². The van der Waals surface area contributed by atoms with E-state index in [1.807, 2.05) is 29.2 Å². The van der Waals surface area contributed by atoms with Crippen molar-refractivity contribution in [3.05, 3.63) is 35.4 Å². The molecule has 5 rings (SSSR count). The number of quaternary nitrogens is 1. The number of benzene rings is 1. The van der Waals surface area contributed by atoms with Crippen LogP contribution in [0.5, 0.6) is 0 Å². The first kappa shape index (κ1) is 19.5. The number of hydrogen-bond donors (Lipinski definition) is 2. The topological polar surface area (TPSA) is 83.4 Å². The van der Waals surface area contributed by atoms with Gasteiger partial charge in [0.1, 0.15) is 11.6 Å². The Labute approximate surface area is 176 Å². The van der Waals surface area contributed by atoms with Gasteiger partial charge in [0.05, 0.1) is 26.2 Å². The molecule has 8 nitrogen and oxygen atoms in total. The summed E-state index contributed by atoms with van der Waals surface area (Å²) >= 11 is 0. The summed E-state index contributed by atoms with van der Waals surface area (Å²) in [6, 6.07) is 7.64. The van der Waals surface area contributed by atoms with Crippen molar-refractivity contribution in [1.29, 1.82) is 0 Å². The number of amides is 4.